The van der Waals surface area contributed by atoms with Crippen molar-refractivity contribution in [2.45, 2.75) is 59.5 Å². The number of halogens is 1. The molecule has 0 spiro atoms. The van der Waals surface area contributed by atoms with E-state index in [1.54, 1.807) is 0 Å². The van der Waals surface area contributed by atoms with E-state index in [0.29, 0.717) is 12.0 Å². The molecule has 0 saturated carbocycles. The predicted octanol–water partition coefficient (Wildman–Crippen LogP) is 5.96. The van der Waals surface area contributed by atoms with Crippen molar-refractivity contribution in [2.24, 2.45) is 5.41 Å². The lowest BCUT2D eigenvalue weighted by Gasteiger charge is -2.17. The van der Waals surface area contributed by atoms with Gasteiger partial charge in [0.15, 0.2) is 0 Å². The summed E-state index contributed by atoms with van der Waals surface area (Å²) in [6.07, 6.45) is 6.45. The van der Waals surface area contributed by atoms with E-state index in [1.165, 1.54) is 37.7 Å². The Morgan fingerprint density at radius 1 is 1.00 bits per heavy atom. The lowest BCUT2D eigenvalue weighted by Crippen LogP contribution is -2.04. The molecule has 1 aromatic rings. The van der Waals surface area contributed by atoms with Crippen LogP contribution < -0.4 is 0 Å². The van der Waals surface area contributed by atoms with E-state index in [4.69, 9.17) is 4.74 Å². The van der Waals surface area contributed by atoms with Crippen molar-refractivity contribution >= 4 is 15.9 Å². The third-order valence-corrected chi connectivity index (χ3v) is 3.95. The van der Waals surface area contributed by atoms with Crippen molar-refractivity contribution < 1.29 is 4.74 Å². The molecule has 0 radical (unpaired) electrons. The Balaban J connectivity index is 1.99. The zero-order valence-electron chi connectivity index (χ0n) is 12.5. The molecule has 0 heterocycles. The summed E-state index contributed by atoms with van der Waals surface area (Å²) in [5.41, 5.74) is 1.71. The van der Waals surface area contributed by atoms with Crippen molar-refractivity contribution in [2.75, 3.05) is 6.61 Å². The molecule has 0 aliphatic rings. The molecule has 0 fully saturated rings. The first-order valence-corrected chi connectivity index (χ1v) is 8.09. The average Bonchev–Trinajstić information content (AvgIpc) is 2.33. The molecule has 19 heavy (non-hydrogen) atoms. The van der Waals surface area contributed by atoms with E-state index in [1.807, 2.05) is 6.07 Å². The fourth-order valence-electron chi connectivity index (χ4n) is 2.01. The van der Waals surface area contributed by atoms with Crippen LogP contribution in [0.1, 0.15) is 58.4 Å². The van der Waals surface area contributed by atoms with Gasteiger partial charge in [0.1, 0.15) is 0 Å². The van der Waals surface area contributed by atoms with Crippen LogP contribution in [0.4, 0.5) is 0 Å². The first-order chi connectivity index (χ1) is 8.99. The Bertz CT molecular complexity index is 355. The quantitative estimate of drug-likeness (QED) is 0.535. The average molecular weight is 327 g/mol. The first kappa shape index (κ1) is 16.7. The summed E-state index contributed by atoms with van der Waals surface area (Å²) in [6, 6.07) is 8.25. The lowest BCUT2D eigenvalue weighted by atomic mass is 9.89. The van der Waals surface area contributed by atoms with E-state index < -0.39 is 0 Å². The lowest BCUT2D eigenvalue weighted by molar-refractivity contribution is 0.116. The number of hydrogen-bond acceptors (Lipinski definition) is 1. The standard InChI is InChI=1S/C17H27BrO/c1-17(2,3)12-8-4-5-9-13-19-14-15-10-6-7-11-16(15)18/h6-7,10-11H,4-5,8-9,12-14H2,1-3H3. The number of ether oxygens (including phenoxy) is 1. The number of rotatable bonds is 8. The fourth-order valence-corrected chi connectivity index (χ4v) is 2.41. The van der Waals surface area contributed by atoms with Crippen molar-refractivity contribution in [3.05, 3.63) is 34.3 Å². The molecule has 0 saturated heterocycles. The molecule has 0 amide bonds. The Kier molecular flexibility index (Phi) is 7.70. The van der Waals surface area contributed by atoms with Gasteiger partial charge in [-0.05, 0) is 29.9 Å². The second kappa shape index (κ2) is 8.76. The first-order valence-electron chi connectivity index (χ1n) is 7.30. The summed E-state index contributed by atoms with van der Waals surface area (Å²) in [5.74, 6) is 0. The highest BCUT2D eigenvalue weighted by Crippen LogP contribution is 2.22. The van der Waals surface area contributed by atoms with E-state index in [9.17, 15) is 0 Å². The van der Waals surface area contributed by atoms with Gasteiger partial charge in [-0.15, -0.1) is 0 Å². The van der Waals surface area contributed by atoms with Crippen LogP contribution in [0.3, 0.4) is 0 Å². The molecule has 2 heteroatoms. The molecule has 0 aliphatic heterocycles. The third-order valence-electron chi connectivity index (χ3n) is 3.18. The van der Waals surface area contributed by atoms with Crippen molar-refractivity contribution in [3.63, 3.8) is 0 Å². The van der Waals surface area contributed by atoms with Gasteiger partial charge in [0, 0.05) is 11.1 Å². The van der Waals surface area contributed by atoms with Crippen molar-refractivity contribution in [3.8, 4) is 0 Å². The summed E-state index contributed by atoms with van der Waals surface area (Å²) < 4.78 is 6.86. The van der Waals surface area contributed by atoms with Gasteiger partial charge in [-0.3, -0.25) is 0 Å². The predicted molar refractivity (Wildman–Crippen MR) is 86.3 cm³/mol. The van der Waals surface area contributed by atoms with Crippen molar-refractivity contribution in [1.29, 1.82) is 0 Å². The molecule has 1 aromatic carbocycles. The van der Waals surface area contributed by atoms with Crippen LogP contribution in [0, 0.1) is 5.41 Å². The molecule has 1 nitrogen and oxygen atoms in total. The minimum Gasteiger partial charge on any atom is -0.377 e. The van der Waals surface area contributed by atoms with Gasteiger partial charge in [-0.25, -0.2) is 0 Å². The summed E-state index contributed by atoms with van der Waals surface area (Å²) in [4.78, 5) is 0. The molecule has 0 unspecified atom stereocenters. The molecule has 0 atom stereocenters. The summed E-state index contributed by atoms with van der Waals surface area (Å²) >= 11 is 3.54. The Morgan fingerprint density at radius 3 is 2.37 bits per heavy atom. The maximum absolute atomic E-state index is 5.72. The molecule has 0 aromatic heterocycles. The van der Waals surface area contributed by atoms with Crippen LogP contribution in [-0.4, -0.2) is 6.61 Å². The molecule has 108 valence electrons. The van der Waals surface area contributed by atoms with E-state index in [-0.39, 0.29) is 0 Å². The second-order valence-electron chi connectivity index (χ2n) is 6.37. The van der Waals surface area contributed by atoms with E-state index in [0.717, 1.165) is 11.1 Å². The van der Waals surface area contributed by atoms with Gasteiger partial charge in [-0.1, -0.05) is 74.2 Å². The van der Waals surface area contributed by atoms with Crippen LogP contribution in [0.25, 0.3) is 0 Å². The van der Waals surface area contributed by atoms with Gasteiger partial charge < -0.3 is 4.74 Å². The summed E-state index contributed by atoms with van der Waals surface area (Å²) in [5, 5.41) is 0. The SMILES string of the molecule is CC(C)(C)CCCCCCOCc1ccccc1Br. The Hall–Kier alpha value is -0.340. The highest BCUT2D eigenvalue weighted by Gasteiger charge is 2.08. The highest BCUT2D eigenvalue weighted by atomic mass is 79.9. The summed E-state index contributed by atoms with van der Waals surface area (Å²) in [6.45, 7) is 8.52. The normalized spacial score (nSPS) is 11.8. The Labute approximate surface area is 126 Å². The minimum atomic E-state index is 0.482. The van der Waals surface area contributed by atoms with Crippen LogP contribution in [-0.2, 0) is 11.3 Å². The fraction of sp³-hybridized carbons (Fsp3) is 0.647. The number of hydrogen-bond donors (Lipinski definition) is 0. The second-order valence-corrected chi connectivity index (χ2v) is 7.22. The van der Waals surface area contributed by atoms with Gasteiger partial charge in [-0.2, -0.15) is 0 Å². The Morgan fingerprint density at radius 2 is 1.68 bits per heavy atom. The van der Waals surface area contributed by atoms with Gasteiger partial charge in [0.25, 0.3) is 0 Å². The smallest absolute Gasteiger partial charge is 0.0727 e. The van der Waals surface area contributed by atoms with E-state index >= 15 is 0 Å². The van der Waals surface area contributed by atoms with Gasteiger partial charge in [0.2, 0.25) is 0 Å². The van der Waals surface area contributed by atoms with Gasteiger partial charge >= 0.3 is 0 Å². The topological polar surface area (TPSA) is 9.23 Å². The largest absolute Gasteiger partial charge is 0.377 e. The number of benzene rings is 1. The molecular weight excluding hydrogens is 300 g/mol. The van der Waals surface area contributed by atoms with E-state index in [2.05, 4.69) is 54.9 Å². The highest BCUT2D eigenvalue weighted by molar-refractivity contribution is 9.10. The number of unbranched alkanes of at least 4 members (excludes halogenated alkanes) is 3. The van der Waals surface area contributed by atoms with Crippen LogP contribution >= 0.6 is 15.9 Å². The van der Waals surface area contributed by atoms with Crippen molar-refractivity contribution in [1.82, 2.24) is 0 Å². The molecule has 0 N–H and O–H groups in total. The maximum atomic E-state index is 5.72. The summed E-state index contributed by atoms with van der Waals surface area (Å²) in [7, 11) is 0. The monoisotopic (exact) mass is 326 g/mol. The molecule has 1 rings (SSSR count). The molecular formula is C17H27BrO. The van der Waals surface area contributed by atoms with Crippen LogP contribution in [0.5, 0.6) is 0 Å². The minimum absolute atomic E-state index is 0.482. The molecule has 0 aliphatic carbocycles. The van der Waals surface area contributed by atoms with Gasteiger partial charge in [0.05, 0.1) is 6.61 Å². The zero-order valence-corrected chi connectivity index (χ0v) is 14.1. The van der Waals surface area contributed by atoms with Crippen LogP contribution in [0.2, 0.25) is 0 Å². The third kappa shape index (κ3) is 8.43. The zero-order chi connectivity index (χ0) is 14.1. The van der Waals surface area contributed by atoms with Crippen LogP contribution in [0.15, 0.2) is 28.7 Å². The molecule has 0 bridgehead atoms. The maximum Gasteiger partial charge on any atom is 0.0727 e.